The van der Waals surface area contributed by atoms with Crippen LogP contribution < -0.4 is 20.3 Å². The number of amides is 1. The summed E-state index contributed by atoms with van der Waals surface area (Å²) in [5.74, 6) is -0.624. The molecule has 224 valence electrons. The predicted molar refractivity (Wildman–Crippen MR) is 161 cm³/mol. The Morgan fingerprint density at radius 1 is 1.00 bits per heavy atom. The van der Waals surface area contributed by atoms with Crippen molar-refractivity contribution in [1.82, 2.24) is 20.0 Å². The van der Waals surface area contributed by atoms with E-state index in [4.69, 9.17) is 4.74 Å². The number of esters is 1. The molecule has 2 unspecified atom stereocenters. The first-order chi connectivity index (χ1) is 20.0. The van der Waals surface area contributed by atoms with Crippen molar-refractivity contribution in [3.05, 3.63) is 78.6 Å². The van der Waals surface area contributed by atoms with Crippen LogP contribution in [0.5, 0.6) is 0 Å². The van der Waals surface area contributed by atoms with E-state index in [1.54, 1.807) is 69.6 Å². The molecule has 2 heterocycles. The minimum absolute atomic E-state index is 0.00252. The van der Waals surface area contributed by atoms with E-state index in [0.717, 1.165) is 38.0 Å². The number of rotatable bonds is 10. The largest absolute Gasteiger partial charge is 0.459 e. The molecule has 0 spiro atoms. The summed E-state index contributed by atoms with van der Waals surface area (Å²) >= 11 is 0. The third-order valence-corrected chi connectivity index (χ3v) is 8.06. The number of sulfonamides is 1. The zero-order valence-corrected chi connectivity index (χ0v) is 24.9. The fraction of sp³-hybridized carbons (Fsp3) is 0.400. The molecule has 3 N–H and O–H groups in total. The Balaban J connectivity index is 1.40. The van der Waals surface area contributed by atoms with E-state index in [-0.39, 0.29) is 17.5 Å². The van der Waals surface area contributed by atoms with Crippen LogP contribution in [0, 0.1) is 0 Å². The quantitative estimate of drug-likeness (QED) is 0.301. The summed E-state index contributed by atoms with van der Waals surface area (Å²) in [5.41, 5.74) is 0.523. The molecule has 1 aromatic heterocycles. The molecule has 11 nitrogen and oxygen atoms in total. The van der Waals surface area contributed by atoms with Crippen molar-refractivity contribution in [1.29, 1.82) is 0 Å². The van der Waals surface area contributed by atoms with Gasteiger partial charge in [0.25, 0.3) is 5.91 Å². The van der Waals surface area contributed by atoms with Crippen molar-refractivity contribution >= 4 is 33.5 Å². The lowest BCUT2D eigenvalue weighted by Crippen LogP contribution is -2.50. The van der Waals surface area contributed by atoms with Crippen LogP contribution in [-0.2, 0) is 19.6 Å². The highest BCUT2D eigenvalue weighted by Crippen LogP contribution is 2.22. The third-order valence-electron chi connectivity index (χ3n) is 6.57. The van der Waals surface area contributed by atoms with Crippen LogP contribution in [0.25, 0.3) is 0 Å². The number of carbonyl (C=O) groups is 2. The first kappa shape index (κ1) is 30.9. The van der Waals surface area contributed by atoms with Gasteiger partial charge in [0.05, 0.1) is 4.90 Å². The zero-order chi connectivity index (χ0) is 30.2. The lowest BCUT2D eigenvalue weighted by molar-refractivity contribution is -0.156. The third kappa shape index (κ3) is 8.98. The molecule has 1 amide bonds. The highest BCUT2D eigenvalue weighted by molar-refractivity contribution is 7.89. The molecular formula is C30H38N6O5S. The Bertz CT molecular complexity index is 1430. The minimum atomic E-state index is -4.04. The maximum atomic E-state index is 13.0. The lowest BCUT2D eigenvalue weighted by atomic mass is 10.1. The topological polar surface area (TPSA) is 143 Å². The molecule has 0 radical (unpaired) electrons. The molecule has 1 aliphatic rings. The number of ether oxygens (including phenoxy) is 1. The van der Waals surface area contributed by atoms with Gasteiger partial charge in [0.2, 0.25) is 16.0 Å². The minimum Gasteiger partial charge on any atom is -0.459 e. The number of anilines is 2. The molecule has 0 bridgehead atoms. The second kappa shape index (κ2) is 13.8. The average molecular weight is 595 g/mol. The van der Waals surface area contributed by atoms with E-state index in [0.29, 0.717) is 11.5 Å². The second-order valence-electron chi connectivity index (χ2n) is 11.1. The van der Waals surface area contributed by atoms with E-state index >= 15 is 0 Å². The van der Waals surface area contributed by atoms with Gasteiger partial charge in [-0.05, 0) is 82.5 Å². The molecule has 12 heteroatoms. The normalized spacial score (nSPS) is 16.6. The highest BCUT2D eigenvalue weighted by atomic mass is 32.2. The first-order valence-electron chi connectivity index (χ1n) is 14.0. The molecule has 1 saturated heterocycles. The van der Waals surface area contributed by atoms with Crippen molar-refractivity contribution in [3.63, 3.8) is 0 Å². The van der Waals surface area contributed by atoms with Gasteiger partial charge in [-0.15, -0.1) is 0 Å². The Labute approximate surface area is 247 Å². The molecule has 1 fully saturated rings. The number of hydrogen-bond acceptors (Lipinski definition) is 9. The second-order valence-corrected chi connectivity index (χ2v) is 12.8. The fourth-order valence-corrected chi connectivity index (χ4v) is 5.78. The van der Waals surface area contributed by atoms with E-state index in [2.05, 4.69) is 30.2 Å². The summed E-state index contributed by atoms with van der Waals surface area (Å²) in [6.07, 6.45) is 6.54. The van der Waals surface area contributed by atoms with E-state index < -0.39 is 33.5 Å². The number of nitrogens with one attached hydrogen (secondary N) is 3. The van der Waals surface area contributed by atoms with Gasteiger partial charge < -0.3 is 20.3 Å². The Morgan fingerprint density at radius 2 is 1.69 bits per heavy atom. The van der Waals surface area contributed by atoms with Crippen LogP contribution in [0.15, 0.2) is 78.0 Å². The molecule has 2 aromatic carbocycles. The van der Waals surface area contributed by atoms with Gasteiger partial charge in [0, 0.05) is 49.3 Å². The summed E-state index contributed by atoms with van der Waals surface area (Å²) in [4.78, 5) is 36.7. The van der Waals surface area contributed by atoms with E-state index in [9.17, 15) is 18.0 Å². The summed E-state index contributed by atoms with van der Waals surface area (Å²) in [6.45, 7) is 6.42. The maximum absolute atomic E-state index is 13.0. The Hall–Kier alpha value is -4.03. The van der Waals surface area contributed by atoms with Crippen LogP contribution in [0.3, 0.4) is 0 Å². The molecule has 4 rings (SSSR count). The number of hydrogen-bond donors (Lipinski definition) is 3. The van der Waals surface area contributed by atoms with Crippen LogP contribution >= 0.6 is 0 Å². The zero-order valence-electron chi connectivity index (χ0n) is 24.1. The van der Waals surface area contributed by atoms with Gasteiger partial charge in [-0.25, -0.2) is 18.4 Å². The van der Waals surface area contributed by atoms with Crippen LogP contribution in [0.4, 0.5) is 11.6 Å². The van der Waals surface area contributed by atoms with Gasteiger partial charge in [-0.1, -0.05) is 18.2 Å². The summed E-state index contributed by atoms with van der Waals surface area (Å²) in [5, 5.41) is 6.09. The number of aromatic nitrogens is 2. The summed E-state index contributed by atoms with van der Waals surface area (Å²) < 4.78 is 33.6. The van der Waals surface area contributed by atoms with Crippen LogP contribution in [0.1, 0.15) is 50.4 Å². The average Bonchev–Trinajstić information content (AvgIpc) is 3.21. The summed E-state index contributed by atoms with van der Waals surface area (Å²) in [6, 6.07) is 15.6. The van der Waals surface area contributed by atoms with Crippen molar-refractivity contribution in [2.75, 3.05) is 29.9 Å². The van der Waals surface area contributed by atoms with Crippen LogP contribution in [-0.4, -0.2) is 67.6 Å². The van der Waals surface area contributed by atoms with Gasteiger partial charge >= 0.3 is 5.97 Å². The van der Waals surface area contributed by atoms with Crippen molar-refractivity contribution < 1.29 is 22.7 Å². The van der Waals surface area contributed by atoms with Crippen molar-refractivity contribution in [2.45, 2.75) is 62.6 Å². The highest BCUT2D eigenvalue weighted by Gasteiger charge is 2.30. The first-order valence-corrected chi connectivity index (χ1v) is 15.5. The Morgan fingerprint density at radius 3 is 2.36 bits per heavy atom. The van der Waals surface area contributed by atoms with Gasteiger partial charge in [-0.2, -0.15) is 4.72 Å². The number of carbonyl (C=O) groups excluding carboxylic acids is 2. The molecular weight excluding hydrogens is 556 g/mol. The standard InChI is InChI=1S/C30H38N6O5S/c1-30(2,3)41-28(38)26(35-42(39,40)25-11-5-4-6-12-25)20-33-27(37)22-13-15-24(16-14-22)36-19-8-7-10-23(21-36)34-29-31-17-9-18-32-29/h4-6,9,11-18,23,26,35H,7-8,10,19-21H2,1-3H3,(H,33,37)(H,31,32,34). The molecule has 0 aliphatic carbocycles. The van der Waals surface area contributed by atoms with Crippen LogP contribution in [0.2, 0.25) is 0 Å². The maximum Gasteiger partial charge on any atom is 0.326 e. The number of benzene rings is 2. The van der Waals surface area contributed by atoms with Crippen molar-refractivity contribution in [2.24, 2.45) is 0 Å². The SMILES string of the molecule is CC(C)(C)OC(=O)C(CNC(=O)c1ccc(N2CCCCC(Nc3ncccn3)C2)cc1)NS(=O)(=O)c1ccccc1. The fourth-order valence-electron chi connectivity index (χ4n) is 4.57. The molecule has 42 heavy (non-hydrogen) atoms. The van der Waals surface area contributed by atoms with Gasteiger partial charge in [0.15, 0.2) is 0 Å². The molecule has 0 saturated carbocycles. The smallest absolute Gasteiger partial charge is 0.326 e. The van der Waals surface area contributed by atoms with Gasteiger partial charge in [0.1, 0.15) is 11.6 Å². The van der Waals surface area contributed by atoms with Gasteiger partial charge in [-0.3, -0.25) is 9.59 Å². The molecule has 1 aliphatic heterocycles. The predicted octanol–water partition coefficient (Wildman–Crippen LogP) is 3.37. The number of nitrogens with zero attached hydrogens (tertiary/aromatic N) is 3. The monoisotopic (exact) mass is 594 g/mol. The molecule has 2 atom stereocenters. The lowest BCUT2D eigenvalue weighted by Gasteiger charge is -2.27. The van der Waals surface area contributed by atoms with E-state index in [1.807, 2.05) is 12.1 Å². The molecule has 3 aromatic rings. The van der Waals surface area contributed by atoms with Crippen molar-refractivity contribution in [3.8, 4) is 0 Å². The summed E-state index contributed by atoms with van der Waals surface area (Å²) in [7, 11) is -4.04. The Kier molecular flexibility index (Phi) is 10.1. The van der Waals surface area contributed by atoms with E-state index in [1.165, 1.54) is 12.1 Å².